The molecule has 1 amide bonds. The number of aromatic nitrogens is 2. The minimum atomic E-state index is -0.0675. The molecule has 1 aliphatic heterocycles. The number of nitrogen functional groups attached to an aromatic ring is 1. The maximum Gasteiger partial charge on any atom is 0.241 e. The number of imidazole rings is 1. The van der Waals surface area contributed by atoms with Gasteiger partial charge in [-0.15, -0.1) is 24.8 Å². The Balaban J connectivity index is 0.00000121. The van der Waals surface area contributed by atoms with Crippen LogP contribution in [-0.4, -0.2) is 28.5 Å². The molecule has 0 radical (unpaired) electrons. The Hall–Kier alpha value is -1.76. The molecule has 22 heavy (non-hydrogen) atoms. The molecule has 1 aliphatic rings. The fourth-order valence-corrected chi connectivity index (χ4v) is 2.35. The van der Waals surface area contributed by atoms with E-state index in [4.69, 9.17) is 5.73 Å². The van der Waals surface area contributed by atoms with Crippen LogP contribution in [-0.2, 0) is 4.79 Å². The van der Waals surface area contributed by atoms with Crippen molar-refractivity contribution >= 4 is 42.4 Å². The van der Waals surface area contributed by atoms with Gasteiger partial charge in [-0.25, -0.2) is 4.98 Å². The molecule has 8 heteroatoms. The number of nitrogens with one attached hydrogen (secondary N) is 3. The van der Waals surface area contributed by atoms with Gasteiger partial charge >= 0.3 is 0 Å². The summed E-state index contributed by atoms with van der Waals surface area (Å²) in [5.41, 5.74) is 8.18. The number of carbonyl (C=O) groups is 1. The molecule has 2 aromatic rings. The van der Waals surface area contributed by atoms with Crippen molar-refractivity contribution in [3.8, 4) is 11.3 Å². The summed E-state index contributed by atoms with van der Waals surface area (Å²) in [6.07, 6.45) is 3.64. The first kappa shape index (κ1) is 18.3. The first-order chi connectivity index (χ1) is 9.72. The normalized spacial score (nSPS) is 16.5. The highest BCUT2D eigenvalue weighted by Gasteiger charge is 2.21. The lowest BCUT2D eigenvalue weighted by Gasteiger charge is -2.11. The Labute approximate surface area is 141 Å². The van der Waals surface area contributed by atoms with Gasteiger partial charge < -0.3 is 21.4 Å². The van der Waals surface area contributed by atoms with Crippen LogP contribution in [0.1, 0.15) is 12.8 Å². The minimum absolute atomic E-state index is 0. The van der Waals surface area contributed by atoms with E-state index >= 15 is 0 Å². The van der Waals surface area contributed by atoms with E-state index in [1.165, 1.54) is 0 Å². The molecule has 0 bridgehead atoms. The van der Waals surface area contributed by atoms with E-state index in [-0.39, 0.29) is 36.8 Å². The van der Waals surface area contributed by atoms with Crippen LogP contribution in [0, 0.1) is 0 Å². The smallest absolute Gasteiger partial charge is 0.241 e. The predicted octanol–water partition coefficient (Wildman–Crippen LogP) is 2.19. The van der Waals surface area contributed by atoms with Gasteiger partial charge in [0, 0.05) is 5.69 Å². The van der Waals surface area contributed by atoms with Crippen molar-refractivity contribution < 1.29 is 4.79 Å². The highest BCUT2D eigenvalue weighted by molar-refractivity contribution is 5.95. The predicted molar refractivity (Wildman–Crippen MR) is 92.6 cm³/mol. The van der Waals surface area contributed by atoms with Gasteiger partial charge in [0.1, 0.15) is 0 Å². The summed E-state index contributed by atoms with van der Waals surface area (Å²) in [5, 5.41) is 6.09. The Morgan fingerprint density at radius 2 is 2.00 bits per heavy atom. The van der Waals surface area contributed by atoms with Crippen LogP contribution >= 0.6 is 24.8 Å². The van der Waals surface area contributed by atoms with Crippen molar-refractivity contribution in [3.63, 3.8) is 0 Å². The van der Waals surface area contributed by atoms with Gasteiger partial charge in [0.25, 0.3) is 0 Å². The van der Waals surface area contributed by atoms with Crippen molar-refractivity contribution in [2.24, 2.45) is 0 Å². The van der Waals surface area contributed by atoms with E-state index in [1.54, 1.807) is 6.20 Å². The SMILES string of the molecule is Cl.Cl.Nc1ncc(-c2ccc(NC(=O)[C@@H]3CCCN3)cc2)[nH]1. The second-order valence-electron chi connectivity index (χ2n) is 4.90. The molecule has 3 rings (SSSR count). The van der Waals surface area contributed by atoms with Gasteiger partial charge in [0.2, 0.25) is 5.91 Å². The fraction of sp³-hybridized carbons (Fsp3) is 0.286. The largest absolute Gasteiger partial charge is 0.369 e. The molecule has 1 fully saturated rings. The van der Waals surface area contributed by atoms with Crippen LogP contribution in [0.15, 0.2) is 30.5 Å². The van der Waals surface area contributed by atoms with E-state index in [2.05, 4.69) is 20.6 Å². The number of hydrogen-bond donors (Lipinski definition) is 4. The van der Waals surface area contributed by atoms with Crippen LogP contribution in [0.3, 0.4) is 0 Å². The number of amides is 1. The maximum absolute atomic E-state index is 12.0. The lowest BCUT2D eigenvalue weighted by atomic mass is 10.1. The number of nitrogens with two attached hydrogens (primary N) is 1. The molecular formula is C14H19Cl2N5O. The van der Waals surface area contributed by atoms with Crippen LogP contribution in [0.2, 0.25) is 0 Å². The number of hydrogen-bond acceptors (Lipinski definition) is 4. The van der Waals surface area contributed by atoms with E-state index in [1.807, 2.05) is 24.3 Å². The van der Waals surface area contributed by atoms with Gasteiger partial charge in [-0.1, -0.05) is 12.1 Å². The number of rotatable bonds is 3. The lowest BCUT2D eigenvalue weighted by Crippen LogP contribution is -2.35. The summed E-state index contributed by atoms with van der Waals surface area (Å²) in [7, 11) is 0. The second-order valence-corrected chi connectivity index (χ2v) is 4.90. The molecule has 1 aromatic carbocycles. The zero-order valence-corrected chi connectivity index (χ0v) is 13.5. The Morgan fingerprint density at radius 1 is 1.27 bits per heavy atom. The Morgan fingerprint density at radius 3 is 2.55 bits per heavy atom. The highest BCUT2D eigenvalue weighted by Crippen LogP contribution is 2.20. The number of anilines is 2. The molecule has 1 aromatic heterocycles. The van der Waals surface area contributed by atoms with Crippen molar-refractivity contribution in [1.29, 1.82) is 0 Å². The van der Waals surface area contributed by atoms with Crippen molar-refractivity contribution in [2.75, 3.05) is 17.6 Å². The van der Waals surface area contributed by atoms with Gasteiger partial charge in [0.05, 0.1) is 17.9 Å². The summed E-state index contributed by atoms with van der Waals surface area (Å²) in [4.78, 5) is 18.9. The van der Waals surface area contributed by atoms with E-state index in [9.17, 15) is 4.79 Å². The number of benzene rings is 1. The lowest BCUT2D eigenvalue weighted by molar-refractivity contribution is -0.117. The maximum atomic E-state index is 12.0. The molecule has 0 unspecified atom stereocenters. The average Bonchev–Trinajstić information content (AvgIpc) is 3.10. The summed E-state index contributed by atoms with van der Waals surface area (Å²) >= 11 is 0. The molecular weight excluding hydrogens is 325 g/mol. The second kappa shape index (κ2) is 8.03. The zero-order valence-electron chi connectivity index (χ0n) is 11.8. The molecule has 0 aliphatic carbocycles. The molecule has 0 saturated carbocycles. The number of H-pyrrole nitrogens is 1. The summed E-state index contributed by atoms with van der Waals surface area (Å²) in [5.74, 6) is 0.422. The Bertz CT molecular complexity index is 608. The Kier molecular flexibility index (Phi) is 6.67. The molecule has 1 atom stereocenters. The number of halogens is 2. The molecule has 6 nitrogen and oxygen atoms in total. The summed E-state index contributed by atoms with van der Waals surface area (Å²) < 4.78 is 0. The summed E-state index contributed by atoms with van der Waals surface area (Å²) in [6, 6.07) is 7.52. The zero-order chi connectivity index (χ0) is 13.9. The first-order valence-corrected chi connectivity index (χ1v) is 6.67. The van der Waals surface area contributed by atoms with E-state index in [0.717, 1.165) is 36.3 Å². The molecule has 1 saturated heterocycles. The van der Waals surface area contributed by atoms with Gasteiger partial charge in [-0.05, 0) is 37.1 Å². The van der Waals surface area contributed by atoms with Crippen LogP contribution < -0.4 is 16.4 Å². The first-order valence-electron chi connectivity index (χ1n) is 6.67. The average molecular weight is 344 g/mol. The highest BCUT2D eigenvalue weighted by atomic mass is 35.5. The van der Waals surface area contributed by atoms with Gasteiger partial charge in [-0.2, -0.15) is 0 Å². The minimum Gasteiger partial charge on any atom is -0.369 e. The van der Waals surface area contributed by atoms with Gasteiger partial charge in [-0.3, -0.25) is 4.79 Å². The number of nitrogens with zero attached hydrogens (tertiary/aromatic N) is 1. The monoisotopic (exact) mass is 343 g/mol. The quantitative estimate of drug-likeness (QED) is 0.686. The molecule has 120 valence electrons. The van der Waals surface area contributed by atoms with E-state index < -0.39 is 0 Å². The van der Waals surface area contributed by atoms with Crippen molar-refractivity contribution in [2.45, 2.75) is 18.9 Å². The van der Waals surface area contributed by atoms with Crippen LogP contribution in [0.4, 0.5) is 11.6 Å². The number of carbonyl (C=O) groups excluding carboxylic acids is 1. The number of aromatic amines is 1. The topological polar surface area (TPSA) is 95.8 Å². The van der Waals surface area contributed by atoms with Crippen LogP contribution in [0.25, 0.3) is 11.3 Å². The molecule has 5 N–H and O–H groups in total. The third-order valence-electron chi connectivity index (χ3n) is 3.44. The third kappa shape index (κ3) is 4.13. The van der Waals surface area contributed by atoms with Crippen molar-refractivity contribution in [3.05, 3.63) is 30.5 Å². The molecule has 0 spiro atoms. The van der Waals surface area contributed by atoms with E-state index in [0.29, 0.717) is 5.95 Å². The van der Waals surface area contributed by atoms with Gasteiger partial charge in [0.15, 0.2) is 5.95 Å². The van der Waals surface area contributed by atoms with Crippen LogP contribution in [0.5, 0.6) is 0 Å². The standard InChI is InChI=1S/C14H17N5O.2ClH/c15-14-17-8-12(19-14)9-3-5-10(6-4-9)18-13(20)11-2-1-7-16-11;;/h3-6,8,11,16H,1-2,7H2,(H,18,20)(H3,15,17,19);2*1H/t11-;;/m0../s1. The summed E-state index contributed by atoms with van der Waals surface area (Å²) in [6.45, 7) is 0.915. The third-order valence-corrected chi connectivity index (χ3v) is 3.44. The molecule has 2 heterocycles. The fourth-order valence-electron chi connectivity index (χ4n) is 2.35. The van der Waals surface area contributed by atoms with Crippen molar-refractivity contribution in [1.82, 2.24) is 15.3 Å².